The summed E-state index contributed by atoms with van der Waals surface area (Å²) in [6.07, 6.45) is 8.91. The summed E-state index contributed by atoms with van der Waals surface area (Å²) in [6, 6.07) is 0.644. The van der Waals surface area contributed by atoms with Gasteiger partial charge in [-0.05, 0) is 23.8 Å². The number of aliphatic imine (C=N–C) groups is 1. The van der Waals surface area contributed by atoms with E-state index in [9.17, 15) is 0 Å². The Balaban J connectivity index is 2.29. The molecule has 0 N–H and O–H groups in total. The maximum atomic E-state index is 5.35. The summed E-state index contributed by atoms with van der Waals surface area (Å²) in [5.74, 6) is 1.74. The average molecular weight is 290 g/mol. The molecule has 3 nitrogen and oxygen atoms in total. The number of methoxy groups -OCH3 is 1. The lowest BCUT2D eigenvalue weighted by Gasteiger charge is -2.40. The summed E-state index contributed by atoms with van der Waals surface area (Å²) in [5.41, 5.74) is 1.62. The van der Waals surface area contributed by atoms with Crippen LogP contribution in [0.2, 0.25) is 0 Å². The van der Waals surface area contributed by atoms with E-state index < -0.39 is 0 Å². The number of nitrogens with zero attached hydrogens (tertiary/aromatic N) is 2. The Morgan fingerprint density at radius 1 is 1.33 bits per heavy atom. The third kappa shape index (κ3) is 3.57. The number of ether oxygens (including phenoxy) is 1. The van der Waals surface area contributed by atoms with Crippen LogP contribution in [0.3, 0.4) is 0 Å². The number of allylic oxidation sites excluding steroid dienone is 3. The van der Waals surface area contributed by atoms with E-state index in [4.69, 9.17) is 9.73 Å². The van der Waals surface area contributed by atoms with Crippen molar-refractivity contribution in [3.05, 3.63) is 23.9 Å². The summed E-state index contributed by atoms with van der Waals surface area (Å²) in [6.45, 7) is 12.0. The average Bonchev–Trinajstić information content (AvgIpc) is 2.80. The van der Waals surface area contributed by atoms with Gasteiger partial charge in [0.25, 0.3) is 0 Å². The molecular formula is C18H30N2O. The lowest BCUT2D eigenvalue weighted by atomic mass is 9.84. The second kappa shape index (κ2) is 6.35. The smallest absolute Gasteiger partial charge is 0.104 e. The fourth-order valence-corrected chi connectivity index (χ4v) is 3.05. The van der Waals surface area contributed by atoms with E-state index in [1.165, 1.54) is 11.5 Å². The zero-order valence-corrected chi connectivity index (χ0v) is 14.4. The third-order valence-electron chi connectivity index (χ3n) is 4.36. The summed E-state index contributed by atoms with van der Waals surface area (Å²) in [7, 11) is 1.76. The standard InChI is InChI=1S/C18H30N2O/c1-13(2)15(12-21-6)19-17-11-10-14-8-7-9-16(20(14)17)18(3,4)5/h7-9,13,15-16H,10-12H2,1-6H3/t15-,16+/m1/s1. The highest BCUT2D eigenvalue weighted by molar-refractivity contribution is 5.88. The van der Waals surface area contributed by atoms with Gasteiger partial charge in [-0.15, -0.1) is 0 Å². The van der Waals surface area contributed by atoms with E-state index >= 15 is 0 Å². The minimum atomic E-state index is 0.204. The molecule has 0 aromatic carbocycles. The van der Waals surface area contributed by atoms with Gasteiger partial charge in [0, 0.05) is 19.2 Å². The highest BCUT2D eigenvalue weighted by Gasteiger charge is 2.37. The van der Waals surface area contributed by atoms with Crippen molar-refractivity contribution in [3.63, 3.8) is 0 Å². The zero-order valence-electron chi connectivity index (χ0n) is 14.4. The summed E-state index contributed by atoms with van der Waals surface area (Å²) in [5, 5.41) is 0. The molecule has 2 atom stereocenters. The van der Waals surface area contributed by atoms with Crippen molar-refractivity contribution in [1.29, 1.82) is 0 Å². The van der Waals surface area contributed by atoms with Crippen molar-refractivity contribution in [3.8, 4) is 0 Å². The van der Waals surface area contributed by atoms with Crippen LogP contribution in [0.4, 0.5) is 0 Å². The molecule has 2 rings (SSSR count). The maximum absolute atomic E-state index is 5.35. The summed E-state index contributed by atoms with van der Waals surface area (Å²) >= 11 is 0. The van der Waals surface area contributed by atoms with Gasteiger partial charge in [-0.2, -0.15) is 0 Å². The first-order valence-electron chi connectivity index (χ1n) is 8.06. The number of hydrogen-bond acceptors (Lipinski definition) is 2. The molecule has 118 valence electrons. The molecule has 0 spiro atoms. The topological polar surface area (TPSA) is 24.8 Å². The largest absolute Gasteiger partial charge is 0.382 e. The van der Waals surface area contributed by atoms with Gasteiger partial charge in [-0.25, -0.2) is 0 Å². The van der Waals surface area contributed by atoms with Gasteiger partial charge in [-0.3, -0.25) is 4.99 Å². The Kier molecular flexibility index (Phi) is 4.92. The third-order valence-corrected chi connectivity index (χ3v) is 4.36. The second-order valence-corrected chi connectivity index (χ2v) is 7.54. The van der Waals surface area contributed by atoms with Crippen LogP contribution in [0.15, 0.2) is 28.9 Å². The van der Waals surface area contributed by atoms with Gasteiger partial charge in [0.15, 0.2) is 0 Å². The molecule has 2 aliphatic rings. The van der Waals surface area contributed by atoms with Crippen LogP contribution in [-0.4, -0.2) is 36.5 Å². The molecular weight excluding hydrogens is 260 g/mol. The Morgan fingerprint density at radius 2 is 2.05 bits per heavy atom. The van der Waals surface area contributed by atoms with E-state index in [-0.39, 0.29) is 11.5 Å². The van der Waals surface area contributed by atoms with Crippen molar-refractivity contribution >= 4 is 5.84 Å². The van der Waals surface area contributed by atoms with Crippen LogP contribution in [0.25, 0.3) is 0 Å². The number of hydrogen-bond donors (Lipinski definition) is 0. The van der Waals surface area contributed by atoms with Gasteiger partial charge in [0.2, 0.25) is 0 Å². The van der Waals surface area contributed by atoms with Crippen molar-refractivity contribution in [2.24, 2.45) is 16.3 Å². The predicted octanol–water partition coefficient (Wildman–Crippen LogP) is 4.02. The Hall–Kier alpha value is -1.09. The molecule has 0 aliphatic carbocycles. The first-order valence-corrected chi connectivity index (χ1v) is 8.06. The van der Waals surface area contributed by atoms with Crippen molar-refractivity contribution < 1.29 is 4.74 Å². The normalized spacial score (nSPS) is 25.5. The van der Waals surface area contributed by atoms with Crippen LogP contribution < -0.4 is 0 Å². The van der Waals surface area contributed by atoms with Gasteiger partial charge in [0.05, 0.1) is 18.7 Å². The molecule has 0 aromatic rings. The minimum absolute atomic E-state index is 0.204. The van der Waals surface area contributed by atoms with E-state index in [2.05, 4.69) is 57.7 Å². The predicted molar refractivity (Wildman–Crippen MR) is 89.5 cm³/mol. The molecule has 2 aliphatic heterocycles. The lowest BCUT2D eigenvalue weighted by Crippen LogP contribution is -2.44. The van der Waals surface area contributed by atoms with E-state index in [1.54, 1.807) is 7.11 Å². The first-order chi connectivity index (χ1) is 9.84. The van der Waals surface area contributed by atoms with Crippen LogP contribution in [-0.2, 0) is 4.74 Å². The first kappa shape index (κ1) is 16.3. The van der Waals surface area contributed by atoms with Crippen LogP contribution >= 0.6 is 0 Å². The zero-order chi connectivity index (χ0) is 15.6. The fourth-order valence-electron chi connectivity index (χ4n) is 3.05. The Bertz CT molecular complexity index is 454. The molecule has 0 unspecified atom stereocenters. The SMILES string of the molecule is COC[C@@H](N=C1CCC2=CC=C[C@@H](C(C)(C)C)N21)C(C)C. The molecule has 1 saturated heterocycles. The van der Waals surface area contributed by atoms with E-state index in [0.717, 1.165) is 12.8 Å². The molecule has 2 heterocycles. The molecule has 0 radical (unpaired) electrons. The highest BCUT2D eigenvalue weighted by atomic mass is 16.5. The highest BCUT2D eigenvalue weighted by Crippen LogP contribution is 2.37. The summed E-state index contributed by atoms with van der Waals surface area (Å²) in [4.78, 5) is 7.52. The quantitative estimate of drug-likeness (QED) is 0.781. The minimum Gasteiger partial charge on any atom is -0.382 e. The van der Waals surface area contributed by atoms with E-state index in [1.807, 2.05) is 0 Å². The molecule has 0 bridgehead atoms. The van der Waals surface area contributed by atoms with Gasteiger partial charge >= 0.3 is 0 Å². The maximum Gasteiger partial charge on any atom is 0.104 e. The number of rotatable bonds is 4. The monoisotopic (exact) mass is 290 g/mol. The Morgan fingerprint density at radius 3 is 2.62 bits per heavy atom. The van der Waals surface area contributed by atoms with Crippen molar-refractivity contribution in [2.75, 3.05) is 13.7 Å². The fraction of sp³-hybridized carbons (Fsp3) is 0.722. The molecule has 1 fully saturated rings. The van der Waals surface area contributed by atoms with E-state index in [0.29, 0.717) is 18.6 Å². The molecule has 0 aromatic heterocycles. The molecule has 0 saturated carbocycles. The molecule has 21 heavy (non-hydrogen) atoms. The van der Waals surface area contributed by atoms with Gasteiger partial charge in [0.1, 0.15) is 5.84 Å². The van der Waals surface area contributed by atoms with Gasteiger partial charge in [-0.1, -0.05) is 46.8 Å². The molecule has 0 amide bonds. The van der Waals surface area contributed by atoms with Gasteiger partial charge < -0.3 is 9.64 Å². The number of amidine groups is 1. The molecule has 3 heteroatoms. The van der Waals surface area contributed by atoms with Crippen LogP contribution in [0.1, 0.15) is 47.5 Å². The van der Waals surface area contributed by atoms with Crippen LogP contribution in [0, 0.1) is 11.3 Å². The van der Waals surface area contributed by atoms with Crippen molar-refractivity contribution in [2.45, 2.75) is 59.5 Å². The number of fused-ring (bicyclic) bond motifs is 1. The Labute approximate surface area is 129 Å². The summed E-state index contributed by atoms with van der Waals surface area (Å²) < 4.78 is 5.35. The van der Waals surface area contributed by atoms with Crippen LogP contribution in [0.5, 0.6) is 0 Å². The van der Waals surface area contributed by atoms with Crippen molar-refractivity contribution in [1.82, 2.24) is 4.90 Å². The lowest BCUT2D eigenvalue weighted by molar-refractivity contribution is 0.163. The second-order valence-electron chi connectivity index (χ2n) is 7.54.